The Balaban J connectivity index is 2.49. The zero-order valence-electron chi connectivity index (χ0n) is 7.82. The lowest BCUT2D eigenvalue weighted by Crippen LogP contribution is -2.35. The number of hydrogen-bond acceptors (Lipinski definition) is 3. The Morgan fingerprint density at radius 3 is 3.00 bits per heavy atom. The molecule has 2 heterocycles. The van der Waals surface area contributed by atoms with E-state index in [4.69, 9.17) is 0 Å². The Labute approximate surface area is 76.3 Å². The number of likely N-dealkylation sites (N-methyl/N-ethyl adjacent to an activating group) is 1. The Kier molecular flexibility index (Phi) is 1.79. The molecule has 1 aliphatic heterocycles. The summed E-state index contributed by atoms with van der Waals surface area (Å²) in [5.41, 5.74) is 1.50. The van der Waals surface area contributed by atoms with Crippen molar-refractivity contribution in [2.45, 2.75) is 19.9 Å². The molecule has 2 rings (SSSR count). The van der Waals surface area contributed by atoms with Gasteiger partial charge >= 0.3 is 0 Å². The third kappa shape index (κ3) is 1.11. The highest BCUT2D eigenvalue weighted by atomic mass is 16.2. The summed E-state index contributed by atoms with van der Waals surface area (Å²) < 4.78 is 1.66. The van der Waals surface area contributed by atoms with E-state index < -0.39 is 0 Å². The summed E-state index contributed by atoms with van der Waals surface area (Å²) in [7, 11) is 1.80. The lowest BCUT2D eigenvalue weighted by atomic mass is 10.1. The largest absolute Gasteiger partial charge is 0.340 e. The maximum absolute atomic E-state index is 11.7. The first-order chi connectivity index (χ1) is 6.24. The maximum atomic E-state index is 11.7. The van der Waals surface area contributed by atoms with Gasteiger partial charge in [0, 0.05) is 26.6 Å². The van der Waals surface area contributed by atoms with E-state index in [2.05, 4.69) is 10.3 Å². The zero-order valence-corrected chi connectivity index (χ0v) is 7.82. The van der Waals surface area contributed by atoms with Crippen LogP contribution in [0.4, 0.5) is 0 Å². The van der Waals surface area contributed by atoms with Gasteiger partial charge in [-0.2, -0.15) is 0 Å². The third-order valence-electron chi connectivity index (χ3n) is 2.34. The molecule has 0 aromatic carbocycles. The molecule has 0 spiro atoms. The molecule has 1 aromatic heterocycles. The molecule has 0 saturated heterocycles. The molecule has 0 bridgehead atoms. The van der Waals surface area contributed by atoms with Gasteiger partial charge in [-0.3, -0.25) is 4.79 Å². The first kappa shape index (κ1) is 8.22. The van der Waals surface area contributed by atoms with Crippen LogP contribution in [-0.4, -0.2) is 39.4 Å². The summed E-state index contributed by atoms with van der Waals surface area (Å²) in [6, 6.07) is 0. The van der Waals surface area contributed by atoms with Crippen LogP contribution in [0.1, 0.15) is 23.1 Å². The highest BCUT2D eigenvalue weighted by Crippen LogP contribution is 2.14. The molecular weight excluding hydrogens is 168 g/mol. The summed E-state index contributed by atoms with van der Waals surface area (Å²) in [5.74, 6) is 0.0353. The van der Waals surface area contributed by atoms with Crippen molar-refractivity contribution in [3.8, 4) is 0 Å². The normalized spacial score (nSPS) is 16.2. The second kappa shape index (κ2) is 2.83. The molecule has 0 atom stereocenters. The molecule has 1 aliphatic rings. The molecule has 1 aromatic rings. The molecule has 13 heavy (non-hydrogen) atoms. The van der Waals surface area contributed by atoms with Gasteiger partial charge in [-0.1, -0.05) is 5.21 Å². The van der Waals surface area contributed by atoms with Crippen molar-refractivity contribution in [2.75, 3.05) is 13.6 Å². The number of amides is 1. The van der Waals surface area contributed by atoms with Gasteiger partial charge < -0.3 is 4.90 Å². The third-order valence-corrected chi connectivity index (χ3v) is 2.34. The van der Waals surface area contributed by atoms with Gasteiger partial charge in [0.25, 0.3) is 5.91 Å². The summed E-state index contributed by atoms with van der Waals surface area (Å²) in [6.45, 7) is 3.40. The van der Waals surface area contributed by atoms with E-state index in [0.29, 0.717) is 12.2 Å². The van der Waals surface area contributed by atoms with Gasteiger partial charge in [-0.25, -0.2) is 4.68 Å². The highest BCUT2D eigenvalue weighted by molar-refractivity contribution is 5.94. The van der Waals surface area contributed by atoms with Crippen LogP contribution in [0, 0.1) is 0 Å². The van der Waals surface area contributed by atoms with Crippen molar-refractivity contribution in [2.24, 2.45) is 0 Å². The molecule has 5 heteroatoms. The second-order valence-corrected chi connectivity index (χ2v) is 3.18. The minimum absolute atomic E-state index is 0.0353. The number of aromatic nitrogens is 3. The van der Waals surface area contributed by atoms with Gasteiger partial charge in [0.2, 0.25) is 0 Å². The van der Waals surface area contributed by atoms with Crippen molar-refractivity contribution in [1.29, 1.82) is 0 Å². The summed E-state index contributed by atoms with van der Waals surface area (Å²) >= 11 is 0. The van der Waals surface area contributed by atoms with Crippen LogP contribution in [0.2, 0.25) is 0 Å². The topological polar surface area (TPSA) is 51.0 Å². The lowest BCUT2D eigenvalue weighted by molar-refractivity contribution is 0.0767. The van der Waals surface area contributed by atoms with Gasteiger partial charge in [-0.15, -0.1) is 5.10 Å². The smallest absolute Gasteiger partial charge is 0.273 e. The van der Waals surface area contributed by atoms with Gasteiger partial charge in [0.05, 0.1) is 5.69 Å². The fraction of sp³-hybridized carbons (Fsp3) is 0.625. The highest BCUT2D eigenvalue weighted by Gasteiger charge is 2.27. The van der Waals surface area contributed by atoms with Crippen molar-refractivity contribution in [3.63, 3.8) is 0 Å². The molecule has 0 unspecified atom stereocenters. The van der Waals surface area contributed by atoms with E-state index in [-0.39, 0.29) is 5.91 Å². The number of rotatable bonds is 1. The van der Waals surface area contributed by atoms with Crippen LogP contribution in [0.15, 0.2) is 0 Å². The number of aryl methyl sites for hydroxylation is 1. The van der Waals surface area contributed by atoms with Crippen LogP contribution in [0.25, 0.3) is 0 Å². The molecule has 5 nitrogen and oxygen atoms in total. The Morgan fingerprint density at radius 2 is 2.31 bits per heavy atom. The molecule has 70 valence electrons. The van der Waals surface area contributed by atoms with Crippen LogP contribution in [0.3, 0.4) is 0 Å². The van der Waals surface area contributed by atoms with Crippen molar-refractivity contribution in [1.82, 2.24) is 19.9 Å². The molecule has 0 radical (unpaired) electrons. The van der Waals surface area contributed by atoms with Crippen molar-refractivity contribution < 1.29 is 4.79 Å². The number of carbonyl (C=O) groups is 1. The molecule has 0 fully saturated rings. The van der Waals surface area contributed by atoms with Crippen LogP contribution in [-0.2, 0) is 13.0 Å². The average Bonchev–Trinajstić information content (AvgIpc) is 2.55. The minimum atomic E-state index is 0.0353. The van der Waals surface area contributed by atoms with E-state index in [1.807, 2.05) is 6.92 Å². The summed E-state index contributed by atoms with van der Waals surface area (Å²) in [5, 5.41) is 7.90. The fourth-order valence-electron chi connectivity index (χ4n) is 1.53. The number of fused-ring (bicyclic) bond motifs is 1. The lowest BCUT2D eigenvalue weighted by Gasteiger charge is -2.21. The van der Waals surface area contributed by atoms with E-state index in [1.165, 1.54) is 0 Å². The molecule has 0 saturated carbocycles. The maximum Gasteiger partial charge on any atom is 0.273 e. The van der Waals surface area contributed by atoms with Crippen molar-refractivity contribution >= 4 is 5.91 Å². The fourth-order valence-corrected chi connectivity index (χ4v) is 1.53. The van der Waals surface area contributed by atoms with Crippen molar-refractivity contribution in [3.05, 3.63) is 11.4 Å². The molecule has 1 amide bonds. The van der Waals surface area contributed by atoms with E-state index in [9.17, 15) is 4.79 Å². The monoisotopic (exact) mass is 180 g/mol. The molecule has 0 aliphatic carbocycles. The van der Waals surface area contributed by atoms with Gasteiger partial charge in [-0.05, 0) is 6.92 Å². The first-order valence-electron chi connectivity index (χ1n) is 4.42. The average molecular weight is 180 g/mol. The van der Waals surface area contributed by atoms with E-state index in [0.717, 1.165) is 18.7 Å². The van der Waals surface area contributed by atoms with Gasteiger partial charge in [0.1, 0.15) is 5.69 Å². The van der Waals surface area contributed by atoms with Crippen LogP contribution >= 0.6 is 0 Å². The van der Waals surface area contributed by atoms with Gasteiger partial charge in [0.15, 0.2) is 0 Å². The molecular formula is C8H12N4O. The zero-order chi connectivity index (χ0) is 9.42. The number of carbonyl (C=O) groups excluding carboxylic acids is 1. The SMILES string of the molecule is CCn1nnc2c1C(=O)N(C)CC2. The quantitative estimate of drug-likeness (QED) is 0.607. The summed E-state index contributed by atoms with van der Waals surface area (Å²) in [4.78, 5) is 13.4. The number of hydrogen-bond donors (Lipinski definition) is 0. The predicted octanol–water partition coefficient (Wildman–Crippen LogP) is -0.0739. The standard InChI is InChI=1S/C8H12N4O/c1-3-12-7-6(9-10-12)4-5-11(2)8(7)13/h3-5H2,1-2H3. The Hall–Kier alpha value is -1.39. The van der Waals surface area contributed by atoms with E-state index in [1.54, 1.807) is 16.6 Å². The van der Waals surface area contributed by atoms with E-state index >= 15 is 0 Å². The summed E-state index contributed by atoms with van der Waals surface area (Å²) in [6.07, 6.45) is 0.817. The number of nitrogens with zero attached hydrogens (tertiary/aromatic N) is 4. The molecule has 0 N–H and O–H groups in total. The Bertz CT molecular complexity index is 330. The minimum Gasteiger partial charge on any atom is -0.340 e. The second-order valence-electron chi connectivity index (χ2n) is 3.18. The predicted molar refractivity (Wildman–Crippen MR) is 46.4 cm³/mol. The first-order valence-corrected chi connectivity index (χ1v) is 4.42. The van der Waals surface area contributed by atoms with Crippen LogP contribution in [0.5, 0.6) is 0 Å². The van der Waals surface area contributed by atoms with Crippen LogP contribution < -0.4 is 0 Å². The Morgan fingerprint density at radius 1 is 1.54 bits per heavy atom.